The van der Waals surface area contributed by atoms with E-state index in [1.54, 1.807) is 60.7 Å². The third-order valence-electron chi connectivity index (χ3n) is 5.10. The molecule has 1 atom stereocenters. The van der Waals surface area contributed by atoms with Gasteiger partial charge in [-0.1, -0.05) is 54.1 Å². The first-order chi connectivity index (χ1) is 14.9. The SMILES string of the molecule is COc1cc([C@H]2/C(=C(\O)c3ccccc3)C(=O)C(=O)N2c2cccc(Cl)c2)ccc1O. The molecule has 0 bridgehead atoms. The average Bonchev–Trinajstić information content (AvgIpc) is 3.05. The highest BCUT2D eigenvalue weighted by Gasteiger charge is 2.47. The minimum Gasteiger partial charge on any atom is -0.507 e. The summed E-state index contributed by atoms with van der Waals surface area (Å²) < 4.78 is 5.20. The van der Waals surface area contributed by atoms with E-state index in [1.807, 2.05) is 0 Å². The summed E-state index contributed by atoms with van der Waals surface area (Å²) in [7, 11) is 1.40. The Labute approximate surface area is 183 Å². The molecule has 4 rings (SSSR count). The predicted molar refractivity (Wildman–Crippen MR) is 117 cm³/mol. The van der Waals surface area contributed by atoms with Crippen molar-refractivity contribution in [2.45, 2.75) is 6.04 Å². The van der Waals surface area contributed by atoms with Gasteiger partial charge in [0, 0.05) is 16.3 Å². The fraction of sp³-hybridized carbons (Fsp3) is 0.0833. The van der Waals surface area contributed by atoms with Crippen LogP contribution in [0.25, 0.3) is 5.76 Å². The number of Topliss-reactive ketones (excluding diaryl/α,β-unsaturated/α-hetero) is 1. The van der Waals surface area contributed by atoms with Crippen LogP contribution in [0.3, 0.4) is 0 Å². The number of phenols is 1. The van der Waals surface area contributed by atoms with Gasteiger partial charge in [0.2, 0.25) is 0 Å². The second-order valence-electron chi connectivity index (χ2n) is 6.95. The van der Waals surface area contributed by atoms with Crippen LogP contribution in [0.2, 0.25) is 5.02 Å². The Balaban J connectivity index is 1.98. The fourth-order valence-corrected chi connectivity index (χ4v) is 3.84. The molecule has 1 fully saturated rings. The number of aromatic hydroxyl groups is 1. The molecule has 0 saturated carbocycles. The fourth-order valence-electron chi connectivity index (χ4n) is 3.66. The van der Waals surface area contributed by atoms with E-state index in [1.165, 1.54) is 24.1 Å². The van der Waals surface area contributed by atoms with Gasteiger partial charge >= 0.3 is 0 Å². The molecule has 0 unspecified atom stereocenters. The molecule has 6 nitrogen and oxygen atoms in total. The van der Waals surface area contributed by atoms with Crippen LogP contribution >= 0.6 is 11.6 Å². The van der Waals surface area contributed by atoms with Crippen molar-refractivity contribution in [3.8, 4) is 11.5 Å². The second-order valence-corrected chi connectivity index (χ2v) is 7.38. The van der Waals surface area contributed by atoms with Crippen LogP contribution in [0.4, 0.5) is 5.69 Å². The van der Waals surface area contributed by atoms with Crippen molar-refractivity contribution >= 4 is 34.7 Å². The highest BCUT2D eigenvalue weighted by atomic mass is 35.5. The van der Waals surface area contributed by atoms with Crippen LogP contribution < -0.4 is 9.64 Å². The highest BCUT2D eigenvalue weighted by molar-refractivity contribution is 6.51. The number of carbonyl (C=O) groups excluding carboxylic acids is 2. The molecule has 1 aliphatic heterocycles. The molecule has 2 N–H and O–H groups in total. The lowest BCUT2D eigenvalue weighted by Gasteiger charge is -2.26. The quantitative estimate of drug-likeness (QED) is 0.353. The van der Waals surface area contributed by atoms with Crippen molar-refractivity contribution in [3.05, 3.63) is 94.5 Å². The lowest BCUT2D eigenvalue weighted by molar-refractivity contribution is -0.132. The van der Waals surface area contributed by atoms with E-state index in [4.69, 9.17) is 16.3 Å². The Bertz CT molecular complexity index is 1210. The number of aliphatic hydroxyl groups excluding tert-OH is 1. The van der Waals surface area contributed by atoms with E-state index in [9.17, 15) is 19.8 Å². The first-order valence-electron chi connectivity index (χ1n) is 9.41. The molecule has 1 saturated heterocycles. The zero-order valence-corrected chi connectivity index (χ0v) is 17.2. The molecule has 0 aromatic heterocycles. The van der Waals surface area contributed by atoms with Crippen LogP contribution in [-0.2, 0) is 9.59 Å². The van der Waals surface area contributed by atoms with Crippen molar-refractivity contribution in [2.24, 2.45) is 0 Å². The molecular weight excluding hydrogens is 418 g/mol. The predicted octanol–water partition coefficient (Wildman–Crippen LogP) is 4.68. The van der Waals surface area contributed by atoms with Gasteiger partial charge in [-0.15, -0.1) is 0 Å². The number of ether oxygens (including phenoxy) is 1. The summed E-state index contributed by atoms with van der Waals surface area (Å²) >= 11 is 6.13. The van der Waals surface area contributed by atoms with Gasteiger partial charge in [0.05, 0.1) is 18.7 Å². The van der Waals surface area contributed by atoms with Gasteiger partial charge < -0.3 is 14.9 Å². The molecular formula is C24H18ClNO5. The molecule has 0 radical (unpaired) electrons. The van der Waals surface area contributed by atoms with Crippen molar-refractivity contribution in [1.82, 2.24) is 0 Å². The third kappa shape index (κ3) is 3.62. The zero-order chi connectivity index (χ0) is 22.1. The van der Waals surface area contributed by atoms with Gasteiger partial charge in [0.1, 0.15) is 5.76 Å². The van der Waals surface area contributed by atoms with Crippen molar-refractivity contribution in [1.29, 1.82) is 0 Å². The molecule has 3 aromatic carbocycles. The minimum absolute atomic E-state index is 0.0658. The Morgan fingerprint density at radius 2 is 1.74 bits per heavy atom. The summed E-state index contributed by atoms with van der Waals surface area (Å²) in [5, 5.41) is 21.4. The monoisotopic (exact) mass is 435 g/mol. The average molecular weight is 436 g/mol. The molecule has 1 aliphatic rings. The summed E-state index contributed by atoms with van der Waals surface area (Å²) in [4.78, 5) is 27.4. The third-order valence-corrected chi connectivity index (χ3v) is 5.33. The lowest BCUT2D eigenvalue weighted by Crippen LogP contribution is -2.29. The smallest absolute Gasteiger partial charge is 0.300 e. The number of anilines is 1. The summed E-state index contributed by atoms with van der Waals surface area (Å²) in [6.45, 7) is 0. The highest BCUT2D eigenvalue weighted by Crippen LogP contribution is 2.44. The molecule has 7 heteroatoms. The number of halogens is 1. The number of methoxy groups -OCH3 is 1. The van der Waals surface area contributed by atoms with Crippen molar-refractivity contribution in [2.75, 3.05) is 12.0 Å². The molecule has 31 heavy (non-hydrogen) atoms. The summed E-state index contributed by atoms with van der Waals surface area (Å²) in [5.74, 6) is -1.82. The molecule has 0 aliphatic carbocycles. The summed E-state index contributed by atoms with van der Waals surface area (Å²) in [6, 6.07) is 18.6. The Morgan fingerprint density at radius 3 is 2.42 bits per heavy atom. The van der Waals surface area contributed by atoms with E-state index >= 15 is 0 Å². The maximum Gasteiger partial charge on any atom is 0.300 e. The second kappa shape index (κ2) is 8.16. The van der Waals surface area contributed by atoms with E-state index in [0.29, 0.717) is 21.8 Å². The van der Waals surface area contributed by atoms with Crippen molar-refractivity contribution < 1.29 is 24.5 Å². The number of ketones is 1. The van der Waals surface area contributed by atoms with E-state index in [-0.39, 0.29) is 22.8 Å². The zero-order valence-electron chi connectivity index (χ0n) is 16.4. The van der Waals surface area contributed by atoms with E-state index in [0.717, 1.165) is 0 Å². The largest absolute Gasteiger partial charge is 0.507 e. The Hall–Kier alpha value is -3.77. The standard InChI is InChI=1S/C24H18ClNO5/c1-31-19-12-15(10-11-18(19)27)21-20(22(28)14-6-3-2-4-7-14)23(29)24(30)26(21)17-9-5-8-16(25)13-17/h2-13,21,27-28H,1H3/b22-20+/t21-/m0/s1. The molecule has 3 aromatic rings. The molecule has 1 heterocycles. The van der Waals surface area contributed by atoms with Gasteiger partial charge in [-0.25, -0.2) is 0 Å². The van der Waals surface area contributed by atoms with Gasteiger partial charge in [-0.3, -0.25) is 14.5 Å². The Kier molecular flexibility index (Phi) is 5.40. The van der Waals surface area contributed by atoms with Crippen LogP contribution in [-0.4, -0.2) is 29.0 Å². The normalized spacial score (nSPS) is 17.7. The van der Waals surface area contributed by atoms with Gasteiger partial charge in [-0.2, -0.15) is 0 Å². The lowest BCUT2D eigenvalue weighted by atomic mass is 9.95. The molecule has 1 amide bonds. The maximum absolute atomic E-state index is 13.1. The van der Waals surface area contributed by atoms with Crippen molar-refractivity contribution in [3.63, 3.8) is 0 Å². The maximum atomic E-state index is 13.1. The number of hydrogen-bond acceptors (Lipinski definition) is 5. The number of benzene rings is 3. The van der Waals surface area contributed by atoms with E-state index in [2.05, 4.69) is 0 Å². The van der Waals surface area contributed by atoms with Gasteiger partial charge in [0.25, 0.3) is 11.7 Å². The number of hydrogen-bond donors (Lipinski definition) is 2. The first-order valence-corrected chi connectivity index (χ1v) is 9.79. The number of rotatable bonds is 4. The summed E-state index contributed by atoms with van der Waals surface area (Å²) in [5.41, 5.74) is 1.22. The number of aliphatic hydroxyl groups is 1. The van der Waals surface area contributed by atoms with Crippen LogP contribution in [0.1, 0.15) is 17.2 Å². The topological polar surface area (TPSA) is 87.1 Å². The number of carbonyl (C=O) groups is 2. The molecule has 156 valence electrons. The minimum atomic E-state index is -0.951. The van der Waals surface area contributed by atoms with Crippen LogP contribution in [0.5, 0.6) is 11.5 Å². The first kappa shape index (κ1) is 20.5. The number of amides is 1. The van der Waals surface area contributed by atoms with Crippen LogP contribution in [0.15, 0.2) is 78.4 Å². The van der Waals surface area contributed by atoms with E-state index < -0.39 is 17.7 Å². The molecule has 0 spiro atoms. The number of phenolic OH excluding ortho intramolecular Hbond substituents is 1. The van der Waals surface area contributed by atoms with Gasteiger partial charge in [0.15, 0.2) is 11.5 Å². The number of nitrogens with zero attached hydrogens (tertiary/aromatic N) is 1. The summed E-state index contributed by atoms with van der Waals surface area (Å²) in [6.07, 6.45) is 0. The Morgan fingerprint density at radius 1 is 1.00 bits per heavy atom. The van der Waals surface area contributed by atoms with Gasteiger partial charge in [-0.05, 0) is 35.9 Å². The van der Waals surface area contributed by atoms with Crippen LogP contribution in [0, 0.1) is 0 Å².